The van der Waals surface area contributed by atoms with E-state index in [-0.39, 0.29) is 0 Å². The molecule has 4 nitrogen and oxygen atoms in total. The van der Waals surface area contributed by atoms with Crippen LogP contribution in [0.1, 0.15) is 57.7 Å². The minimum absolute atomic E-state index is 0.471. The molecule has 1 aromatic rings. The van der Waals surface area contributed by atoms with Crippen LogP contribution in [0.15, 0.2) is 12.3 Å². The minimum Gasteiger partial charge on any atom is -0.382 e. The molecule has 0 aromatic carbocycles. The number of hydrogen-bond acceptors (Lipinski definition) is 3. The van der Waals surface area contributed by atoms with Gasteiger partial charge in [-0.25, -0.2) is 0 Å². The zero-order valence-corrected chi connectivity index (χ0v) is 13.0. The van der Waals surface area contributed by atoms with Crippen LogP contribution >= 0.6 is 0 Å². The van der Waals surface area contributed by atoms with Gasteiger partial charge in [0.2, 0.25) is 0 Å². The molecule has 1 atom stereocenters. The van der Waals surface area contributed by atoms with Crippen LogP contribution in [-0.2, 0) is 11.2 Å². The summed E-state index contributed by atoms with van der Waals surface area (Å²) >= 11 is 0. The lowest BCUT2D eigenvalue weighted by Gasteiger charge is -2.16. The van der Waals surface area contributed by atoms with E-state index in [0.717, 1.165) is 32.6 Å². The maximum atomic E-state index is 5.47. The summed E-state index contributed by atoms with van der Waals surface area (Å²) in [4.78, 5) is 0. The zero-order valence-electron chi connectivity index (χ0n) is 13.0. The molecule has 1 fully saturated rings. The summed E-state index contributed by atoms with van der Waals surface area (Å²) in [7, 11) is 0. The average molecular weight is 279 g/mol. The molecule has 0 aliphatic heterocycles. The van der Waals surface area contributed by atoms with Crippen molar-refractivity contribution in [2.75, 3.05) is 19.8 Å². The van der Waals surface area contributed by atoms with E-state index in [1.807, 2.05) is 6.92 Å². The van der Waals surface area contributed by atoms with Crippen molar-refractivity contribution in [3.63, 3.8) is 0 Å². The number of aromatic nitrogens is 2. The lowest BCUT2D eigenvalue weighted by molar-refractivity contribution is 0.136. The van der Waals surface area contributed by atoms with Gasteiger partial charge in [-0.1, -0.05) is 19.8 Å². The predicted octanol–water partition coefficient (Wildman–Crippen LogP) is 2.95. The minimum atomic E-state index is 0.471. The van der Waals surface area contributed by atoms with E-state index in [1.54, 1.807) is 0 Å². The molecule has 1 aliphatic rings. The van der Waals surface area contributed by atoms with Crippen molar-refractivity contribution < 1.29 is 4.74 Å². The Morgan fingerprint density at radius 2 is 2.20 bits per heavy atom. The summed E-state index contributed by atoms with van der Waals surface area (Å²) in [5.74, 6) is 0. The molecular formula is C16H29N3O. The monoisotopic (exact) mass is 279 g/mol. The van der Waals surface area contributed by atoms with Crippen molar-refractivity contribution in [3.05, 3.63) is 18.0 Å². The molecule has 1 saturated carbocycles. The molecule has 0 radical (unpaired) electrons. The van der Waals surface area contributed by atoms with Crippen LogP contribution in [0.2, 0.25) is 0 Å². The third-order valence-electron chi connectivity index (χ3n) is 4.13. The Bertz CT molecular complexity index is 372. The Morgan fingerprint density at radius 3 is 2.90 bits per heavy atom. The summed E-state index contributed by atoms with van der Waals surface area (Å²) < 4.78 is 7.66. The molecule has 0 bridgehead atoms. The molecule has 0 spiro atoms. The molecular weight excluding hydrogens is 250 g/mol. The maximum absolute atomic E-state index is 5.47. The average Bonchev–Trinajstić information content (AvgIpc) is 3.09. The first kappa shape index (κ1) is 15.5. The fourth-order valence-electron chi connectivity index (χ4n) is 3.05. The molecule has 1 aliphatic carbocycles. The van der Waals surface area contributed by atoms with Crippen molar-refractivity contribution >= 4 is 0 Å². The van der Waals surface area contributed by atoms with Crippen molar-refractivity contribution in [3.8, 4) is 0 Å². The van der Waals surface area contributed by atoms with E-state index < -0.39 is 0 Å². The molecule has 0 amide bonds. The fraction of sp³-hybridized carbons (Fsp3) is 0.812. The van der Waals surface area contributed by atoms with Gasteiger partial charge < -0.3 is 10.1 Å². The highest BCUT2D eigenvalue weighted by Crippen LogP contribution is 2.28. The standard InChI is InChI=1S/C16H29N3O/c1-3-17-14(10-12-20-4-2)13-15-9-11-19(18-15)16-7-5-6-8-16/h9,11,14,16-17H,3-8,10,12-13H2,1-2H3. The van der Waals surface area contributed by atoms with Crippen LogP contribution in [-0.4, -0.2) is 35.6 Å². The molecule has 1 heterocycles. The molecule has 1 unspecified atom stereocenters. The second kappa shape index (κ2) is 8.42. The van der Waals surface area contributed by atoms with Crippen LogP contribution in [0.3, 0.4) is 0 Å². The van der Waals surface area contributed by atoms with Crippen molar-refractivity contribution in [2.24, 2.45) is 0 Å². The first-order valence-electron chi connectivity index (χ1n) is 8.18. The number of rotatable bonds is 9. The maximum Gasteiger partial charge on any atom is 0.0640 e. The Labute approximate surface area is 122 Å². The van der Waals surface area contributed by atoms with E-state index in [0.29, 0.717) is 12.1 Å². The fourth-order valence-corrected chi connectivity index (χ4v) is 3.05. The Kier molecular flexibility index (Phi) is 6.54. The van der Waals surface area contributed by atoms with Crippen LogP contribution in [0, 0.1) is 0 Å². The highest BCUT2D eigenvalue weighted by atomic mass is 16.5. The predicted molar refractivity (Wildman–Crippen MR) is 82.0 cm³/mol. The van der Waals surface area contributed by atoms with E-state index in [2.05, 4.69) is 29.2 Å². The Balaban J connectivity index is 1.85. The summed E-state index contributed by atoms with van der Waals surface area (Å²) in [5, 5.41) is 8.32. The third kappa shape index (κ3) is 4.60. The van der Waals surface area contributed by atoms with E-state index in [9.17, 15) is 0 Å². The summed E-state index contributed by atoms with van der Waals surface area (Å²) in [6.45, 7) is 6.84. The van der Waals surface area contributed by atoms with Crippen molar-refractivity contribution in [1.82, 2.24) is 15.1 Å². The molecule has 0 saturated heterocycles. The van der Waals surface area contributed by atoms with Gasteiger partial charge in [0, 0.05) is 31.9 Å². The van der Waals surface area contributed by atoms with Gasteiger partial charge in [-0.15, -0.1) is 0 Å². The molecule has 20 heavy (non-hydrogen) atoms. The zero-order chi connectivity index (χ0) is 14.2. The van der Waals surface area contributed by atoms with Crippen LogP contribution < -0.4 is 5.32 Å². The van der Waals surface area contributed by atoms with E-state index >= 15 is 0 Å². The van der Waals surface area contributed by atoms with Gasteiger partial charge in [0.25, 0.3) is 0 Å². The summed E-state index contributed by atoms with van der Waals surface area (Å²) in [5.41, 5.74) is 1.21. The van der Waals surface area contributed by atoms with Crippen LogP contribution in [0.4, 0.5) is 0 Å². The number of hydrogen-bond donors (Lipinski definition) is 1. The molecule has 4 heteroatoms. The van der Waals surface area contributed by atoms with Gasteiger partial charge in [-0.2, -0.15) is 5.10 Å². The van der Waals surface area contributed by atoms with Gasteiger partial charge in [0.05, 0.1) is 11.7 Å². The Hall–Kier alpha value is -0.870. The second-order valence-electron chi connectivity index (χ2n) is 5.67. The highest BCUT2D eigenvalue weighted by molar-refractivity contribution is 5.02. The first-order valence-corrected chi connectivity index (χ1v) is 8.18. The van der Waals surface area contributed by atoms with Gasteiger partial charge in [-0.05, 0) is 38.8 Å². The SMILES string of the molecule is CCNC(CCOCC)Cc1ccn(C2CCCC2)n1. The van der Waals surface area contributed by atoms with Gasteiger partial charge in [0.15, 0.2) is 0 Å². The molecule has 1 N–H and O–H groups in total. The highest BCUT2D eigenvalue weighted by Gasteiger charge is 2.18. The van der Waals surface area contributed by atoms with E-state index in [4.69, 9.17) is 9.84 Å². The van der Waals surface area contributed by atoms with Gasteiger partial charge >= 0.3 is 0 Å². The second-order valence-corrected chi connectivity index (χ2v) is 5.67. The van der Waals surface area contributed by atoms with Gasteiger partial charge in [0.1, 0.15) is 0 Å². The topological polar surface area (TPSA) is 39.1 Å². The quantitative estimate of drug-likeness (QED) is 0.706. The van der Waals surface area contributed by atoms with Crippen molar-refractivity contribution in [1.29, 1.82) is 0 Å². The number of nitrogens with zero attached hydrogens (tertiary/aromatic N) is 2. The lowest BCUT2D eigenvalue weighted by atomic mass is 10.1. The lowest BCUT2D eigenvalue weighted by Crippen LogP contribution is -2.32. The summed E-state index contributed by atoms with van der Waals surface area (Å²) in [6, 6.07) is 3.30. The van der Waals surface area contributed by atoms with Crippen LogP contribution in [0.25, 0.3) is 0 Å². The third-order valence-corrected chi connectivity index (χ3v) is 4.13. The smallest absolute Gasteiger partial charge is 0.0640 e. The number of nitrogens with one attached hydrogen (secondary N) is 1. The normalized spacial score (nSPS) is 17.7. The van der Waals surface area contributed by atoms with E-state index in [1.165, 1.54) is 31.4 Å². The van der Waals surface area contributed by atoms with Crippen LogP contribution in [0.5, 0.6) is 0 Å². The Morgan fingerprint density at radius 1 is 1.40 bits per heavy atom. The first-order chi connectivity index (χ1) is 9.83. The number of likely N-dealkylation sites (N-methyl/N-ethyl adjacent to an activating group) is 1. The largest absolute Gasteiger partial charge is 0.382 e. The molecule has 1 aromatic heterocycles. The number of ether oxygens (including phenoxy) is 1. The summed E-state index contributed by atoms with van der Waals surface area (Å²) in [6.07, 6.45) is 9.52. The molecule has 2 rings (SSSR count). The molecule has 114 valence electrons. The van der Waals surface area contributed by atoms with Crippen molar-refractivity contribution in [2.45, 2.75) is 64.5 Å². The van der Waals surface area contributed by atoms with Gasteiger partial charge in [-0.3, -0.25) is 4.68 Å².